The van der Waals surface area contributed by atoms with Crippen molar-refractivity contribution in [3.63, 3.8) is 0 Å². The number of aromatic amines is 1. The Kier molecular flexibility index (Phi) is 6.35. The van der Waals surface area contributed by atoms with Crippen molar-refractivity contribution in [2.75, 3.05) is 31.9 Å². The maximum absolute atomic E-state index is 12.7. The van der Waals surface area contributed by atoms with Crippen LogP contribution in [0.1, 0.15) is 17.2 Å². The molecule has 3 aromatic rings. The van der Waals surface area contributed by atoms with E-state index in [2.05, 4.69) is 30.3 Å². The second-order valence-corrected chi connectivity index (χ2v) is 8.55. The highest BCUT2D eigenvalue weighted by Crippen LogP contribution is 2.24. The van der Waals surface area contributed by atoms with E-state index in [-0.39, 0.29) is 5.91 Å². The molecular weight excluding hydrogens is 424 g/mol. The predicted octanol–water partition coefficient (Wildman–Crippen LogP) is 2.09. The molecule has 2 aromatic heterocycles. The van der Waals surface area contributed by atoms with Crippen molar-refractivity contribution in [3.05, 3.63) is 46.8 Å². The molecule has 0 aliphatic carbocycles. The third-order valence-electron chi connectivity index (χ3n) is 5.01. The Morgan fingerprint density at radius 1 is 1.23 bits per heavy atom. The van der Waals surface area contributed by atoms with Crippen molar-refractivity contribution in [1.29, 1.82) is 0 Å². The third-order valence-corrected chi connectivity index (χ3v) is 6.34. The molecule has 1 aliphatic heterocycles. The molecule has 1 fully saturated rings. The van der Waals surface area contributed by atoms with E-state index in [0.29, 0.717) is 35.6 Å². The number of aromatic nitrogens is 6. The van der Waals surface area contributed by atoms with Crippen molar-refractivity contribution in [2.45, 2.75) is 25.5 Å². The molecule has 158 valence electrons. The van der Waals surface area contributed by atoms with Crippen LogP contribution >= 0.6 is 23.4 Å². The number of carbonyl (C=O) groups is 1. The second-order valence-electron chi connectivity index (χ2n) is 7.20. The van der Waals surface area contributed by atoms with Crippen LogP contribution in [-0.4, -0.2) is 77.6 Å². The van der Waals surface area contributed by atoms with Gasteiger partial charge in [-0.3, -0.25) is 19.4 Å². The van der Waals surface area contributed by atoms with E-state index >= 15 is 0 Å². The first-order valence-corrected chi connectivity index (χ1v) is 11.0. The maximum Gasteiger partial charge on any atom is 0.233 e. The largest absolute Gasteiger partial charge is 0.339 e. The summed E-state index contributed by atoms with van der Waals surface area (Å²) in [5.74, 6) is 2.03. The van der Waals surface area contributed by atoms with Gasteiger partial charge in [0.2, 0.25) is 5.91 Å². The summed E-state index contributed by atoms with van der Waals surface area (Å²) < 4.78 is 1.85. The monoisotopic (exact) mass is 446 g/mol. The standard InChI is InChI=1S/C19H23ClN8OS/c1-13-3-4-15(9-16(13)20)28-12-21-25-19(28)30-11-18(29)27-7-5-26(6-8-27)10-17-22-14(2)23-24-17/h3-4,9,12H,5-8,10-11H2,1-2H3,(H,22,23,24). The minimum atomic E-state index is 0.102. The number of benzene rings is 1. The van der Waals surface area contributed by atoms with Crippen LogP contribution in [0.4, 0.5) is 0 Å². The number of halogens is 1. The summed E-state index contributed by atoms with van der Waals surface area (Å²) >= 11 is 7.62. The van der Waals surface area contributed by atoms with Crippen molar-refractivity contribution in [2.24, 2.45) is 0 Å². The first-order chi connectivity index (χ1) is 14.5. The average molecular weight is 447 g/mol. The van der Waals surface area contributed by atoms with Gasteiger partial charge in [-0.2, -0.15) is 5.10 Å². The smallest absolute Gasteiger partial charge is 0.233 e. The molecule has 0 unspecified atom stereocenters. The lowest BCUT2D eigenvalue weighted by Crippen LogP contribution is -2.48. The lowest BCUT2D eigenvalue weighted by molar-refractivity contribution is -0.130. The highest BCUT2D eigenvalue weighted by molar-refractivity contribution is 7.99. The molecule has 11 heteroatoms. The molecule has 0 atom stereocenters. The summed E-state index contributed by atoms with van der Waals surface area (Å²) in [5, 5.41) is 16.6. The highest BCUT2D eigenvalue weighted by Gasteiger charge is 2.22. The Hall–Kier alpha value is -2.43. The van der Waals surface area contributed by atoms with E-state index in [4.69, 9.17) is 11.6 Å². The Balaban J connectivity index is 1.29. The number of nitrogens with one attached hydrogen (secondary N) is 1. The van der Waals surface area contributed by atoms with Crippen LogP contribution in [0.2, 0.25) is 5.02 Å². The summed E-state index contributed by atoms with van der Waals surface area (Å²) in [6.45, 7) is 7.55. The zero-order valence-electron chi connectivity index (χ0n) is 16.9. The number of carbonyl (C=O) groups excluding carboxylic acids is 1. The quantitative estimate of drug-likeness (QED) is 0.579. The van der Waals surface area contributed by atoms with Gasteiger partial charge in [0.1, 0.15) is 12.2 Å². The number of nitrogens with zero attached hydrogens (tertiary/aromatic N) is 7. The molecule has 1 aromatic carbocycles. The summed E-state index contributed by atoms with van der Waals surface area (Å²) in [5.41, 5.74) is 1.89. The molecule has 1 N–H and O–H groups in total. The number of hydrogen-bond donors (Lipinski definition) is 1. The van der Waals surface area contributed by atoms with E-state index in [9.17, 15) is 4.79 Å². The van der Waals surface area contributed by atoms with Crippen LogP contribution in [0.3, 0.4) is 0 Å². The number of thioether (sulfide) groups is 1. The van der Waals surface area contributed by atoms with Crippen LogP contribution < -0.4 is 0 Å². The van der Waals surface area contributed by atoms with Gasteiger partial charge >= 0.3 is 0 Å². The molecule has 4 rings (SSSR count). The molecular formula is C19H23ClN8OS. The van der Waals surface area contributed by atoms with Crippen LogP contribution in [0.5, 0.6) is 0 Å². The minimum Gasteiger partial charge on any atom is -0.339 e. The van der Waals surface area contributed by atoms with E-state index in [0.717, 1.165) is 36.0 Å². The third kappa shape index (κ3) is 4.82. The van der Waals surface area contributed by atoms with E-state index < -0.39 is 0 Å². The van der Waals surface area contributed by atoms with Gasteiger partial charge in [0, 0.05) is 31.2 Å². The van der Waals surface area contributed by atoms with Gasteiger partial charge in [-0.15, -0.1) is 10.2 Å². The average Bonchev–Trinajstić information content (AvgIpc) is 3.37. The molecule has 9 nitrogen and oxygen atoms in total. The first-order valence-electron chi connectivity index (χ1n) is 9.67. The predicted molar refractivity (Wildman–Crippen MR) is 115 cm³/mol. The fraction of sp³-hybridized carbons (Fsp3) is 0.421. The zero-order valence-corrected chi connectivity index (χ0v) is 18.4. The Morgan fingerprint density at radius 2 is 2.03 bits per heavy atom. The summed E-state index contributed by atoms with van der Waals surface area (Å²) in [7, 11) is 0. The van der Waals surface area contributed by atoms with Gasteiger partial charge in [-0.1, -0.05) is 29.4 Å². The van der Waals surface area contributed by atoms with Gasteiger partial charge in [0.15, 0.2) is 11.0 Å². The van der Waals surface area contributed by atoms with E-state index in [1.165, 1.54) is 11.8 Å². The number of aryl methyl sites for hydroxylation is 2. The molecule has 0 spiro atoms. The lowest BCUT2D eigenvalue weighted by atomic mass is 10.2. The molecule has 1 saturated heterocycles. The molecule has 1 aliphatic rings. The minimum absolute atomic E-state index is 0.102. The van der Waals surface area contributed by atoms with Crippen LogP contribution in [0.25, 0.3) is 5.69 Å². The topological polar surface area (TPSA) is 95.8 Å². The summed E-state index contributed by atoms with van der Waals surface area (Å²) in [4.78, 5) is 21.2. The van der Waals surface area contributed by atoms with Gasteiger partial charge in [-0.25, -0.2) is 4.98 Å². The van der Waals surface area contributed by atoms with Crippen molar-refractivity contribution in [1.82, 2.24) is 39.7 Å². The molecule has 1 amide bonds. The summed E-state index contributed by atoms with van der Waals surface area (Å²) in [6, 6.07) is 5.79. The van der Waals surface area contributed by atoms with Crippen LogP contribution in [-0.2, 0) is 11.3 Å². The van der Waals surface area contributed by atoms with Crippen molar-refractivity contribution < 1.29 is 4.79 Å². The Bertz CT molecular complexity index is 1030. The van der Waals surface area contributed by atoms with Crippen molar-refractivity contribution in [3.8, 4) is 5.69 Å². The zero-order chi connectivity index (χ0) is 21.1. The highest BCUT2D eigenvalue weighted by atomic mass is 35.5. The van der Waals surface area contributed by atoms with Crippen LogP contribution in [0, 0.1) is 13.8 Å². The second kappa shape index (κ2) is 9.15. The molecule has 0 radical (unpaired) electrons. The molecule has 3 heterocycles. The van der Waals surface area contributed by atoms with Gasteiger partial charge in [0.25, 0.3) is 0 Å². The number of hydrogen-bond acceptors (Lipinski definition) is 7. The molecule has 0 bridgehead atoms. The number of piperazine rings is 1. The van der Waals surface area contributed by atoms with Crippen LogP contribution in [0.15, 0.2) is 29.7 Å². The fourth-order valence-electron chi connectivity index (χ4n) is 3.26. The maximum atomic E-state index is 12.7. The molecule has 0 saturated carbocycles. The van der Waals surface area contributed by atoms with Gasteiger partial charge in [-0.05, 0) is 31.5 Å². The normalized spacial score (nSPS) is 15.0. The first kappa shape index (κ1) is 20.8. The number of rotatable bonds is 6. The van der Waals surface area contributed by atoms with Crippen molar-refractivity contribution >= 4 is 29.3 Å². The fourth-order valence-corrected chi connectivity index (χ4v) is 4.27. The summed E-state index contributed by atoms with van der Waals surface area (Å²) in [6.07, 6.45) is 1.64. The lowest BCUT2D eigenvalue weighted by Gasteiger charge is -2.34. The SMILES string of the molecule is Cc1nc(CN2CCN(C(=O)CSc3nncn3-c3ccc(C)c(Cl)c3)CC2)n[nH]1. The number of H-pyrrole nitrogens is 1. The van der Waals surface area contributed by atoms with Gasteiger partial charge < -0.3 is 4.90 Å². The van der Waals surface area contributed by atoms with E-state index in [1.807, 2.05) is 41.5 Å². The van der Waals surface area contributed by atoms with Gasteiger partial charge in [0.05, 0.1) is 18.0 Å². The Labute approximate surface area is 183 Å². The molecule has 30 heavy (non-hydrogen) atoms. The number of amides is 1. The Morgan fingerprint density at radius 3 is 2.73 bits per heavy atom. The van der Waals surface area contributed by atoms with E-state index in [1.54, 1.807) is 6.33 Å².